The molecule has 0 bridgehead atoms. The summed E-state index contributed by atoms with van der Waals surface area (Å²) >= 11 is 0. The predicted octanol–water partition coefficient (Wildman–Crippen LogP) is 1.40. The molecule has 1 heterocycles. The zero-order valence-electron chi connectivity index (χ0n) is 11.4. The van der Waals surface area contributed by atoms with Gasteiger partial charge in [0.15, 0.2) is 0 Å². The van der Waals surface area contributed by atoms with E-state index in [9.17, 15) is 4.79 Å². The molecule has 0 aromatic heterocycles. The van der Waals surface area contributed by atoms with E-state index in [2.05, 4.69) is 19.2 Å². The van der Waals surface area contributed by atoms with Crippen molar-refractivity contribution in [2.24, 2.45) is 0 Å². The maximum atomic E-state index is 12.3. The Morgan fingerprint density at radius 2 is 2.35 bits per heavy atom. The molecule has 4 nitrogen and oxygen atoms in total. The third kappa shape index (κ3) is 4.28. The van der Waals surface area contributed by atoms with E-state index < -0.39 is 0 Å². The van der Waals surface area contributed by atoms with E-state index in [0.717, 1.165) is 45.4 Å². The molecule has 1 aliphatic heterocycles. The molecule has 2 unspecified atom stereocenters. The summed E-state index contributed by atoms with van der Waals surface area (Å²) in [4.78, 5) is 14.3. The van der Waals surface area contributed by atoms with Gasteiger partial charge in [-0.1, -0.05) is 6.92 Å². The number of likely N-dealkylation sites (tertiary alicyclic amines) is 1. The van der Waals surface area contributed by atoms with Crippen LogP contribution in [0.3, 0.4) is 0 Å². The highest BCUT2D eigenvalue weighted by molar-refractivity contribution is 5.82. The molecule has 2 atom stereocenters. The molecule has 0 saturated carbocycles. The van der Waals surface area contributed by atoms with E-state index in [1.165, 1.54) is 0 Å². The molecule has 1 fully saturated rings. The summed E-state index contributed by atoms with van der Waals surface area (Å²) in [7, 11) is 1.70. The fraction of sp³-hybridized carbons (Fsp3) is 0.923. The molecule has 0 aromatic rings. The third-order valence-corrected chi connectivity index (χ3v) is 3.39. The second-order valence-electron chi connectivity index (χ2n) is 4.81. The van der Waals surface area contributed by atoms with Gasteiger partial charge in [-0.05, 0) is 39.2 Å². The number of ether oxygens (including phenoxy) is 1. The van der Waals surface area contributed by atoms with Gasteiger partial charge in [-0.15, -0.1) is 0 Å². The van der Waals surface area contributed by atoms with Crippen LogP contribution in [0.1, 0.15) is 39.5 Å². The Hall–Kier alpha value is -0.610. The fourth-order valence-electron chi connectivity index (χ4n) is 2.29. The number of nitrogens with zero attached hydrogens (tertiary/aromatic N) is 1. The molecule has 1 saturated heterocycles. The molecule has 0 aliphatic carbocycles. The molecule has 17 heavy (non-hydrogen) atoms. The van der Waals surface area contributed by atoms with E-state index in [1.54, 1.807) is 7.11 Å². The van der Waals surface area contributed by atoms with Crippen molar-refractivity contribution in [1.82, 2.24) is 10.2 Å². The molecule has 0 aromatic carbocycles. The third-order valence-electron chi connectivity index (χ3n) is 3.39. The topological polar surface area (TPSA) is 41.6 Å². The lowest BCUT2D eigenvalue weighted by molar-refractivity contribution is -0.138. The van der Waals surface area contributed by atoms with Gasteiger partial charge in [-0.2, -0.15) is 0 Å². The number of hydrogen-bond acceptors (Lipinski definition) is 3. The van der Waals surface area contributed by atoms with Crippen LogP contribution in [0.2, 0.25) is 0 Å². The zero-order valence-corrected chi connectivity index (χ0v) is 11.4. The Morgan fingerprint density at radius 3 is 3.00 bits per heavy atom. The van der Waals surface area contributed by atoms with Gasteiger partial charge < -0.3 is 15.0 Å². The molecule has 0 spiro atoms. The van der Waals surface area contributed by atoms with Crippen molar-refractivity contribution in [2.75, 3.05) is 26.8 Å². The van der Waals surface area contributed by atoms with E-state index in [4.69, 9.17) is 4.74 Å². The molecule has 1 rings (SSSR count). The van der Waals surface area contributed by atoms with Crippen molar-refractivity contribution in [2.45, 2.75) is 51.6 Å². The quantitative estimate of drug-likeness (QED) is 0.734. The normalized spacial score (nSPS) is 22.9. The standard InChI is InChI=1S/C13H26N2O2/c1-4-8-14-12-6-5-9-15(13(12)16)11(2)7-10-17-3/h11-12,14H,4-10H2,1-3H3. The summed E-state index contributed by atoms with van der Waals surface area (Å²) in [5.41, 5.74) is 0. The van der Waals surface area contributed by atoms with E-state index >= 15 is 0 Å². The molecule has 1 N–H and O–H groups in total. The highest BCUT2D eigenvalue weighted by atomic mass is 16.5. The molecule has 1 amide bonds. The van der Waals surface area contributed by atoms with Gasteiger partial charge in [-0.3, -0.25) is 4.79 Å². The molecular formula is C13H26N2O2. The lowest BCUT2D eigenvalue weighted by Gasteiger charge is -2.37. The Morgan fingerprint density at radius 1 is 1.59 bits per heavy atom. The molecular weight excluding hydrogens is 216 g/mol. The van der Waals surface area contributed by atoms with Crippen molar-refractivity contribution in [1.29, 1.82) is 0 Å². The number of amides is 1. The first-order chi connectivity index (χ1) is 8.20. The van der Waals surface area contributed by atoms with E-state index in [-0.39, 0.29) is 18.0 Å². The average Bonchev–Trinajstić information content (AvgIpc) is 2.34. The smallest absolute Gasteiger partial charge is 0.239 e. The summed E-state index contributed by atoms with van der Waals surface area (Å²) in [5, 5.41) is 3.34. The summed E-state index contributed by atoms with van der Waals surface area (Å²) < 4.78 is 5.08. The highest BCUT2D eigenvalue weighted by Gasteiger charge is 2.30. The SMILES string of the molecule is CCCNC1CCCN(C(C)CCOC)C1=O. The maximum absolute atomic E-state index is 12.3. The minimum Gasteiger partial charge on any atom is -0.385 e. The zero-order chi connectivity index (χ0) is 12.7. The van der Waals surface area contributed by atoms with Crippen LogP contribution in [0.4, 0.5) is 0 Å². The fourth-order valence-corrected chi connectivity index (χ4v) is 2.29. The number of rotatable bonds is 7. The highest BCUT2D eigenvalue weighted by Crippen LogP contribution is 2.16. The minimum absolute atomic E-state index is 0.0358. The van der Waals surface area contributed by atoms with Crippen molar-refractivity contribution in [3.8, 4) is 0 Å². The first-order valence-corrected chi connectivity index (χ1v) is 6.73. The molecule has 100 valence electrons. The van der Waals surface area contributed by atoms with Crippen LogP contribution in [-0.2, 0) is 9.53 Å². The van der Waals surface area contributed by atoms with Crippen LogP contribution >= 0.6 is 0 Å². The van der Waals surface area contributed by atoms with Crippen molar-refractivity contribution in [3.63, 3.8) is 0 Å². The van der Waals surface area contributed by atoms with Crippen LogP contribution in [-0.4, -0.2) is 49.7 Å². The Labute approximate surface area is 105 Å². The number of methoxy groups -OCH3 is 1. The van der Waals surface area contributed by atoms with Crippen molar-refractivity contribution in [3.05, 3.63) is 0 Å². The number of hydrogen-bond donors (Lipinski definition) is 1. The Kier molecular flexibility index (Phi) is 6.52. The summed E-state index contributed by atoms with van der Waals surface area (Å²) in [6.07, 6.45) is 4.07. The predicted molar refractivity (Wildman–Crippen MR) is 69.0 cm³/mol. The van der Waals surface area contributed by atoms with Gasteiger partial charge in [0.1, 0.15) is 0 Å². The second-order valence-corrected chi connectivity index (χ2v) is 4.81. The Balaban J connectivity index is 2.46. The second kappa shape index (κ2) is 7.67. The molecule has 1 aliphatic rings. The number of carbonyl (C=O) groups excluding carboxylic acids is 1. The summed E-state index contributed by atoms with van der Waals surface area (Å²) in [6.45, 7) is 6.78. The first kappa shape index (κ1) is 14.5. The summed E-state index contributed by atoms with van der Waals surface area (Å²) in [6, 6.07) is 0.322. The largest absolute Gasteiger partial charge is 0.385 e. The molecule has 4 heteroatoms. The average molecular weight is 242 g/mol. The van der Waals surface area contributed by atoms with Crippen molar-refractivity contribution < 1.29 is 9.53 Å². The monoisotopic (exact) mass is 242 g/mol. The van der Waals surface area contributed by atoms with E-state index in [1.807, 2.05) is 4.90 Å². The lowest BCUT2D eigenvalue weighted by atomic mass is 10.0. The van der Waals surface area contributed by atoms with Crippen LogP contribution in [0.15, 0.2) is 0 Å². The van der Waals surface area contributed by atoms with Crippen LogP contribution in [0, 0.1) is 0 Å². The molecule has 0 radical (unpaired) electrons. The van der Waals surface area contributed by atoms with Crippen LogP contribution < -0.4 is 5.32 Å². The maximum Gasteiger partial charge on any atom is 0.239 e. The van der Waals surface area contributed by atoms with Crippen LogP contribution in [0.5, 0.6) is 0 Å². The van der Waals surface area contributed by atoms with E-state index in [0.29, 0.717) is 0 Å². The van der Waals surface area contributed by atoms with Gasteiger partial charge in [0.25, 0.3) is 0 Å². The van der Waals surface area contributed by atoms with Gasteiger partial charge >= 0.3 is 0 Å². The number of piperidine rings is 1. The van der Waals surface area contributed by atoms with Gasteiger partial charge in [-0.25, -0.2) is 0 Å². The van der Waals surface area contributed by atoms with Gasteiger partial charge in [0, 0.05) is 26.3 Å². The van der Waals surface area contributed by atoms with Crippen LogP contribution in [0.25, 0.3) is 0 Å². The minimum atomic E-state index is 0.0358. The van der Waals surface area contributed by atoms with Crippen molar-refractivity contribution >= 4 is 5.91 Å². The number of nitrogens with one attached hydrogen (secondary N) is 1. The van der Waals surface area contributed by atoms with Gasteiger partial charge in [0.2, 0.25) is 5.91 Å². The van der Waals surface area contributed by atoms with Gasteiger partial charge in [0.05, 0.1) is 6.04 Å². The first-order valence-electron chi connectivity index (χ1n) is 6.73. The lowest BCUT2D eigenvalue weighted by Crippen LogP contribution is -2.53. The number of carbonyl (C=O) groups is 1. The Bertz CT molecular complexity index is 233. The summed E-state index contributed by atoms with van der Waals surface area (Å²) in [5.74, 6) is 0.272.